The maximum absolute atomic E-state index is 14.2. The summed E-state index contributed by atoms with van der Waals surface area (Å²) in [5, 5.41) is 4.80. The number of rotatable bonds is 2. The number of thiazole rings is 1. The highest BCUT2D eigenvalue weighted by Crippen LogP contribution is 2.40. The molecule has 0 aliphatic rings. The lowest BCUT2D eigenvalue weighted by molar-refractivity contribution is 0.439. The van der Waals surface area contributed by atoms with Crippen LogP contribution in [0.5, 0.6) is 0 Å². The van der Waals surface area contributed by atoms with E-state index in [-0.39, 0.29) is 16.5 Å². The predicted molar refractivity (Wildman–Crippen MR) is 77.2 cm³/mol. The molecular weight excluding hydrogens is 301 g/mol. The SMILES string of the molecule is Cc1ncc(-c2noc(N)c2-c2cccc(Cl)c2F)s1. The number of aromatic nitrogens is 2. The molecule has 0 amide bonds. The van der Waals surface area contributed by atoms with Gasteiger partial charge in [-0.05, 0) is 13.0 Å². The van der Waals surface area contributed by atoms with Crippen molar-refractivity contribution >= 4 is 28.8 Å². The van der Waals surface area contributed by atoms with E-state index >= 15 is 0 Å². The molecule has 0 aliphatic heterocycles. The summed E-state index contributed by atoms with van der Waals surface area (Å²) in [6.45, 7) is 1.87. The van der Waals surface area contributed by atoms with Gasteiger partial charge in [-0.15, -0.1) is 11.3 Å². The van der Waals surface area contributed by atoms with E-state index in [1.54, 1.807) is 18.3 Å². The molecule has 7 heteroatoms. The third-order valence-corrected chi connectivity index (χ3v) is 4.01. The van der Waals surface area contributed by atoms with Crippen LogP contribution in [0.1, 0.15) is 5.01 Å². The summed E-state index contributed by atoms with van der Waals surface area (Å²) < 4.78 is 19.2. The Bertz CT molecular complexity index is 784. The fraction of sp³-hybridized carbons (Fsp3) is 0.0769. The van der Waals surface area contributed by atoms with Gasteiger partial charge in [-0.3, -0.25) is 0 Å². The smallest absolute Gasteiger partial charge is 0.230 e. The van der Waals surface area contributed by atoms with Gasteiger partial charge in [0.2, 0.25) is 5.88 Å². The fourth-order valence-electron chi connectivity index (χ4n) is 1.90. The zero-order chi connectivity index (χ0) is 14.3. The maximum Gasteiger partial charge on any atom is 0.230 e. The van der Waals surface area contributed by atoms with E-state index < -0.39 is 5.82 Å². The lowest BCUT2D eigenvalue weighted by Crippen LogP contribution is -1.91. The van der Waals surface area contributed by atoms with Gasteiger partial charge >= 0.3 is 0 Å². The van der Waals surface area contributed by atoms with Crippen molar-refractivity contribution in [3.05, 3.63) is 40.2 Å². The topological polar surface area (TPSA) is 64.9 Å². The maximum atomic E-state index is 14.2. The second-order valence-electron chi connectivity index (χ2n) is 4.12. The van der Waals surface area contributed by atoms with Crippen molar-refractivity contribution in [2.45, 2.75) is 6.92 Å². The molecule has 0 spiro atoms. The van der Waals surface area contributed by atoms with Crippen molar-refractivity contribution in [2.75, 3.05) is 5.73 Å². The second kappa shape index (κ2) is 4.88. The highest BCUT2D eigenvalue weighted by molar-refractivity contribution is 7.15. The minimum absolute atomic E-state index is 0.0227. The average Bonchev–Trinajstić information content (AvgIpc) is 2.99. The molecule has 0 aliphatic carbocycles. The fourth-order valence-corrected chi connectivity index (χ4v) is 2.84. The van der Waals surface area contributed by atoms with Crippen molar-refractivity contribution in [3.63, 3.8) is 0 Å². The number of nitrogens with zero attached hydrogens (tertiary/aromatic N) is 2. The molecule has 0 radical (unpaired) electrons. The largest absolute Gasteiger partial charge is 0.367 e. The minimum atomic E-state index is -0.549. The normalized spacial score (nSPS) is 10.9. The highest BCUT2D eigenvalue weighted by Gasteiger charge is 2.22. The van der Waals surface area contributed by atoms with Crippen LogP contribution >= 0.6 is 22.9 Å². The van der Waals surface area contributed by atoms with Crippen LogP contribution in [0.25, 0.3) is 21.7 Å². The Morgan fingerprint density at radius 1 is 1.40 bits per heavy atom. The number of aryl methyl sites for hydroxylation is 1. The highest BCUT2D eigenvalue weighted by atomic mass is 35.5. The van der Waals surface area contributed by atoms with Crippen LogP contribution < -0.4 is 5.73 Å². The van der Waals surface area contributed by atoms with Gasteiger partial charge in [0.15, 0.2) is 0 Å². The molecule has 1 aromatic carbocycles. The molecule has 0 saturated heterocycles. The lowest BCUT2D eigenvalue weighted by atomic mass is 10.0. The molecule has 0 bridgehead atoms. The number of hydrogen-bond acceptors (Lipinski definition) is 5. The summed E-state index contributed by atoms with van der Waals surface area (Å²) in [5.41, 5.74) is 6.91. The van der Waals surface area contributed by atoms with Crippen LogP contribution in [-0.2, 0) is 0 Å². The van der Waals surface area contributed by atoms with Crippen LogP contribution in [0.2, 0.25) is 5.02 Å². The van der Waals surface area contributed by atoms with Gasteiger partial charge in [0.25, 0.3) is 0 Å². The molecule has 4 nitrogen and oxygen atoms in total. The zero-order valence-electron chi connectivity index (χ0n) is 10.4. The van der Waals surface area contributed by atoms with E-state index in [1.165, 1.54) is 17.4 Å². The number of halogens is 2. The van der Waals surface area contributed by atoms with Gasteiger partial charge in [-0.2, -0.15) is 0 Å². The van der Waals surface area contributed by atoms with Crippen LogP contribution in [0.3, 0.4) is 0 Å². The molecule has 3 rings (SSSR count). The Hall–Kier alpha value is -1.92. The van der Waals surface area contributed by atoms with E-state index in [0.717, 1.165) is 9.88 Å². The van der Waals surface area contributed by atoms with Crippen LogP contribution in [0.4, 0.5) is 10.3 Å². The first-order valence-electron chi connectivity index (χ1n) is 5.70. The molecule has 2 heterocycles. The third kappa shape index (κ3) is 2.07. The molecule has 2 aromatic heterocycles. The molecule has 0 saturated carbocycles. The van der Waals surface area contributed by atoms with Crippen molar-refractivity contribution in [1.29, 1.82) is 0 Å². The second-order valence-corrected chi connectivity index (χ2v) is 5.76. The van der Waals surface area contributed by atoms with Gasteiger partial charge in [0.1, 0.15) is 11.5 Å². The number of hydrogen-bond donors (Lipinski definition) is 1. The van der Waals surface area contributed by atoms with E-state index in [4.69, 9.17) is 21.9 Å². The summed E-state index contributed by atoms with van der Waals surface area (Å²) in [6, 6.07) is 4.71. The lowest BCUT2D eigenvalue weighted by Gasteiger charge is -2.04. The summed E-state index contributed by atoms with van der Waals surface area (Å²) in [6.07, 6.45) is 1.66. The Balaban J connectivity index is 2.24. The predicted octanol–water partition coefficient (Wildman–Crippen LogP) is 4.15. The van der Waals surface area contributed by atoms with Gasteiger partial charge in [0, 0.05) is 11.8 Å². The molecule has 102 valence electrons. The van der Waals surface area contributed by atoms with Crippen molar-refractivity contribution in [2.24, 2.45) is 0 Å². The monoisotopic (exact) mass is 309 g/mol. The first-order chi connectivity index (χ1) is 9.58. The molecule has 0 atom stereocenters. The van der Waals surface area contributed by atoms with Crippen molar-refractivity contribution in [1.82, 2.24) is 10.1 Å². The standard InChI is InChI=1S/C13H9ClFN3OS/c1-6-17-5-9(20-6)12-10(13(16)19-18-12)7-3-2-4-8(14)11(7)15/h2-5H,16H2,1H3. The first-order valence-corrected chi connectivity index (χ1v) is 6.89. The van der Waals surface area contributed by atoms with Crippen molar-refractivity contribution < 1.29 is 8.91 Å². The van der Waals surface area contributed by atoms with Gasteiger partial charge < -0.3 is 10.3 Å². The van der Waals surface area contributed by atoms with E-state index in [0.29, 0.717) is 11.3 Å². The van der Waals surface area contributed by atoms with E-state index in [9.17, 15) is 4.39 Å². The summed E-state index contributed by atoms with van der Waals surface area (Å²) in [5.74, 6) is -0.501. The number of anilines is 1. The average molecular weight is 310 g/mol. The molecule has 3 aromatic rings. The number of nitrogen functional groups attached to an aromatic ring is 1. The molecular formula is C13H9ClFN3OS. The quantitative estimate of drug-likeness (QED) is 0.772. The van der Waals surface area contributed by atoms with Gasteiger partial charge in [-0.25, -0.2) is 9.37 Å². The molecule has 0 fully saturated rings. The zero-order valence-corrected chi connectivity index (χ0v) is 11.9. The molecule has 2 N–H and O–H groups in total. The number of nitrogens with two attached hydrogens (primary N) is 1. The molecule has 0 unspecified atom stereocenters. The van der Waals surface area contributed by atoms with Crippen LogP contribution in [0, 0.1) is 12.7 Å². The summed E-state index contributed by atoms with van der Waals surface area (Å²) >= 11 is 7.24. The third-order valence-electron chi connectivity index (χ3n) is 2.79. The Morgan fingerprint density at radius 2 is 2.20 bits per heavy atom. The minimum Gasteiger partial charge on any atom is -0.367 e. The van der Waals surface area contributed by atoms with Crippen molar-refractivity contribution in [3.8, 4) is 21.7 Å². The van der Waals surface area contributed by atoms with Crippen LogP contribution in [-0.4, -0.2) is 10.1 Å². The Kier molecular flexibility index (Phi) is 3.19. The van der Waals surface area contributed by atoms with Gasteiger partial charge in [-0.1, -0.05) is 28.9 Å². The van der Waals surface area contributed by atoms with Gasteiger partial charge in [0.05, 0.1) is 20.5 Å². The Labute approximate surface area is 123 Å². The van der Waals surface area contributed by atoms with E-state index in [1.807, 2.05) is 6.92 Å². The Morgan fingerprint density at radius 3 is 2.90 bits per heavy atom. The van der Waals surface area contributed by atoms with E-state index in [2.05, 4.69) is 10.1 Å². The van der Waals surface area contributed by atoms with Crippen LogP contribution in [0.15, 0.2) is 28.9 Å². The summed E-state index contributed by atoms with van der Waals surface area (Å²) in [4.78, 5) is 4.91. The number of benzene rings is 1. The molecule has 20 heavy (non-hydrogen) atoms. The summed E-state index contributed by atoms with van der Waals surface area (Å²) in [7, 11) is 0. The first kappa shape index (κ1) is 13.1.